The van der Waals surface area contributed by atoms with Gasteiger partial charge in [-0.15, -0.1) is 0 Å². The molecule has 2 fully saturated rings. The second kappa shape index (κ2) is 5.81. The third-order valence-electron chi connectivity index (χ3n) is 4.66. The predicted molar refractivity (Wildman–Crippen MR) is 87.6 cm³/mol. The molecule has 4 nitrogen and oxygen atoms in total. The lowest BCUT2D eigenvalue weighted by Gasteiger charge is -2.32. The Morgan fingerprint density at radius 3 is 3.00 bits per heavy atom. The van der Waals surface area contributed by atoms with Crippen molar-refractivity contribution in [1.29, 1.82) is 0 Å². The summed E-state index contributed by atoms with van der Waals surface area (Å²) < 4.78 is 19.1. The van der Waals surface area contributed by atoms with E-state index in [4.69, 9.17) is 4.74 Å². The van der Waals surface area contributed by atoms with Crippen LogP contribution in [0.25, 0.3) is 0 Å². The standard InChI is InChI=1S/C18H20FN3O/c1-12-4-14(19)2-3-18(12)23-17-6-16(8-20-9-17)22-10-13-5-15(11-22)21-7-13/h2-4,6,8-9,13,15,21H,5,7,10-11H2,1H3. The Bertz CT molecular complexity index is 709. The molecular weight excluding hydrogens is 293 g/mol. The highest BCUT2D eigenvalue weighted by Crippen LogP contribution is 2.30. The van der Waals surface area contributed by atoms with Crippen molar-refractivity contribution in [2.75, 3.05) is 24.5 Å². The zero-order valence-electron chi connectivity index (χ0n) is 13.1. The van der Waals surface area contributed by atoms with Gasteiger partial charge in [-0.2, -0.15) is 0 Å². The van der Waals surface area contributed by atoms with Crippen molar-refractivity contribution in [1.82, 2.24) is 10.3 Å². The van der Waals surface area contributed by atoms with E-state index in [0.717, 1.165) is 36.8 Å². The van der Waals surface area contributed by atoms with Crippen LogP contribution in [-0.2, 0) is 0 Å². The molecule has 0 spiro atoms. The number of pyridine rings is 1. The highest BCUT2D eigenvalue weighted by molar-refractivity contribution is 5.50. The fourth-order valence-corrected chi connectivity index (χ4v) is 3.53. The van der Waals surface area contributed by atoms with Crippen LogP contribution >= 0.6 is 0 Å². The minimum absolute atomic E-state index is 0.252. The van der Waals surface area contributed by atoms with Gasteiger partial charge in [0.05, 0.1) is 18.1 Å². The first-order valence-corrected chi connectivity index (χ1v) is 8.05. The van der Waals surface area contributed by atoms with Crippen LogP contribution in [0.5, 0.6) is 11.5 Å². The topological polar surface area (TPSA) is 37.4 Å². The lowest BCUT2D eigenvalue weighted by molar-refractivity contribution is 0.465. The van der Waals surface area contributed by atoms with Gasteiger partial charge in [0, 0.05) is 31.7 Å². The van der Waals surface area contributed by atoms with E-state index in [1.807, 2.05) is 19.2 Å². The third-order valence-corrected chi connectivity index (χ3v) is 4.66. The van der Waals surface area contributed by atoms with Gasteiger partial charge in [-0.05, 0) is 43.0 Å². The van der Waals surface area contributed by atoms with Gasteiger partial charge >= 0.3 is 0 Å². The molecule has 2 aliphatic heterocycles. The summed E-state index contributed by atoms with van der Waals surface area (Å²) in [6, 6.07) is 7.13. The Balaban J connectivity index is 1.54. The monoisotopic (exact) mass is 313 g/mol. The number of benzene rings is 1. The number of rotatable bonds is 3. The van der Waals surface area contributed by atoms with E-state index >= 15 is 0 Å². The Kier molecular flexibility index (Phi) is 3.65. The predicted octanol–water partition coefficient (Wildman–Crippen LogP) is 3.12. The van der Waals surface area contributed by atoms with E-state index < -0.39 is 0 Å². The molecule has 0 aliphatic carbocycles. The lowest BCUT2D eigenvalue weighted by Crippen LogP contribution is -2.41. The van der Waals surface area contributed by atoms with Gasteiger partial charge in [-0.1, -0.05) is 0 Å². The molecule has 2 bridgehead atoms. The molecule has 3 heterocycles. The van der Waals surface area contributed by atoms with E-state index in [0.29, 0.717) is 17.5 Å². The van der Waals surface area contributed by atoms with Crippen LogP contribution in [0.1, 0.15) is 12.0 Å². The Morgan fingerprint density at radius 1 is 1.26 bits per heavy atom. The fourth-order valence-electron chi connectivity index (χ4n) is 3.53. The first-order valence-electron chi connectivity index (χ1n) is 8.05. The molecule has 2 aliphatic rings. The van der Waals surface area contributed by atoms with E-state index in [-0.39, 0.29) is 5.82 Å². The van der Waals surface area contributed by atoms with Crippen LogP contribution in [0.15, 0.2) is 36.7 Å². The molecule has 0 saturated carbocycles. The maximum absolute atomic E-state index is 13.2. The highest BCUT2D eigenvalue weighted by Gasteiger charge is 2.32. The molecule has 0 radical (unpaired) electrons. The lowest BCUT2D eigenvalue weighted by atomic mass is 10.00. The summed E-state index contributed by atoms with van der Waals surface area (Å²) in [6.45, 7) is 5.02. The van der Waals surface area contributed by atoms with Crippen molar-refractivity contribution in [2.24, 2.45) is 5.92 Å². The summed E-state index contributed by atoms with van der Waals surface area (Å²) in [5, 5.41) is 3.56. The third kappa shape index (κ3) is 3.01. The highest BCUT2D eigenvalue weighted by atomic mass is 19.1. The molecule has 5 heteroatoms. The quantitative estimate of drug-likeness (QED) is 0.945. The number of nitrogens with zero attached hydrogens (tertiary/aromatic N) is 2. The first kappa shape index (κ1) is 14.5. The fraction of sp³-hybridized carbons (Fsp3) is 0.389. The molecule has 2 unspecified atom stereocenters. The molecule has 1 aromatic heterocycles. The van der Waals surface area contributed by atoms with Crippen molar-refractivity contribution in [3.63, 3.8) is 0 Å². The second-order valence-electron chi connectivity index (χ2n) is 6.50. The first-order chi connectivity index (χ1) is 11.2. The van der Waals surface area contributed by atoms with Crippen LogP contribution in [-0.4, -0.2) is 30.7 Å². The van der Waals surface area contributed by atoms with Crippen molar-refractivity contribution in [3.8, 4) is 11.5 Å². The number of hydrogen-bond donors (Lipinski definition) is 1. The molecule has 4 rings (SSSR count). The number of fused-ring (bicyclic) bond motifs is 2. The number of ether oxygens (including phenoxy) is 1. The largest absolute Gasteiger partial charge is 0.455 e. The van der Waals surface area contributed by atoms with Crippen LogP contribution in [0.4, 0.5) is 10.1 Å². The van der Waals surface area contributed by atoms with Crippen LogP contribution in [0.3, 0.4) is 0 Å². The van der Waals surface area contributed by atoms with Gasteiger partial charge < -0.3 is 15.0 Å². The summed E-state index contributed by atoms with van der Waals surface area (Å²) >= 11 is 0. The average molecular weight is 313 g/mol. The van der Waals surface area contributed by atoms with Gasteiger partial charge in [0.1, 0.15) is 17.3 Å². The molecule has 2 atom stereocenters. The van der Waals surface area contributed by atoms with E-state index in [2.05, 4.69) is 15.2 Å². The molecule has 2 saturated heterocycles. The van der Waals surface area contributed by atoms with E-state index in [9.17, 15) is 4.39 Å². The van der Waals surface area contributed by atoms with Crippen molar-refractivity contribution >= 4 is 5.69 Å². The van der Waals surface area contributed by atoms with Crippen molar-refractivity contribution in [2.45, 2.75) is 19.4 Å². The van der Waals surface area contributed by atoms with Crippen molar-refractivity contribution < 1.29 is 9.13 Å². The SMILES string of the molecule is Cc1cc(F)ccc1Oc1cncc(N2CC3CNC(C3)C2)c1. The maximum Gasteiger partial charge on any atom is 0.147 e. The van der Waals surface area contributed by atoms with Crippen LogP contribution < -0.4 is 15.0 Å². The van der Waals surface area contributed by atoms with E-state index in [1.165, 1.54) is 18.6 Å². The van der Waals surface area contributed by atoms with Crippen molar-refractivity contribution in [3.05, 3.63) is 48.0 Å². The average Bonchev–Trinajstić information content (AvgIpc) is 2.89. The minimum atomic E-state index is -0.252. The zero-order chi connectivity index (χ0) is 15.8. The molecule has 2 aromatic rings. The van der Waals surface area contributed by atoms with Crippen LogP contribution in [0, 0.1) is 18.7 Å². The Labute approximate surface area is 135 Å². The van der Waals surface area contributed by atoms with Crippen LogP contribution in [0.2, 0.25) is 0 Å². The summed E-state index contributed by atoms with van der Waals surface area (Å²) in [7, 11) is 0. The minimum Gasteiger partial charge on any atom is -0.455 e. The maximum atomic E-state index is 13.2. The molecular formula is C18H20FN3O. The summed E-state index contributed by atoms with van der Waals surface area (Å²) in [4.78, 5) is 6.68. The number of nitrogens with one attached hydrogen (secondary N) is 1. The molecule has 1 aromatic carbocycles. The normalized spacial score (nSPS) is 23.1. The van der Waals surface area contributed by atoms with Gasteiger partial charge in [0.15, 0.2) is 0 Å². The number of halogens is 1. The summed E-state index contributed by atoms with van der Waals surface area (Å²) in [6.07, 6.45) is 4.85. The molecule has 23 heavy (non-hydrogen) atoms. The number of piperidine rings is 1. The number of anilines is 1. The smallest absolute Gasteiger partial charge is 0.147 e. The number of aromatic nitrogens is 1. The molecule has 120 valence electrons. The van der Waals surface area contributed by atoms with Gasteiger partial charge in [0.2, 0.25) is 0 Å². The number of hydrogen-bond acceptors (Lipinski definition) is 4. The summed E-state index contributed by atoms with van der Waals surface area (Å²) in [5.41, 5.74) is 1.86. The molecule has 1 N–H and O–H groups in total. The zero-order valence-corrected chi connectivity index (χ0v) is 13.1. The summed E-state index contributed by atoms with van der Waals surface area (Å²) in [5.74, 6) is 1.81. The molecule has 0 amide bonds. The Morgan fingerprint density at radius 2 is 2.17 bits per heavy atom. The second-order valence-corrected chi connectivity index (χ2v) is 6.50. The number of aryl methyl sites for hydroxylation is 1. The van der Waals surface area contributed by atoms with Gasteiger partial charge in [-0.3, -0.25) is 4.98 Å². The van der Waals surface area contributed by atoms with E-state index in [1.54, 1.807) is 12.3 Å². The van der Waals surface area contributed by atoms with Gasteiger partial charge in [-0.25, -0.2) is 4.39 Å². The Hall–Kier alpha value is -2.14. The van der Waals surface area contributed by atoms with Gasteiger partial charge in [0.25, 0.3) is 0 Å².